The average molecular weight is 239 g/mol. The summed E-state index contributed by atoms with van der Waals surface area (Å²) in [4.78, 5) is 14.3. The molecule has 1 aromatic heterocycles. The number of hydrogen-bond acceptors (Lipinski definition) is 4. The van der Waals surface area contributed by atoms with Crippen molar-refractivity contribution < 1.29 is 9.53 Å². The molecule has 2 heterocycles. The highest BCUT2D eigenvalue weighted by molar-refractivity contribution is 7.71. The first-order valence-corrected chi connectivity index (χ1v) is 5.57. The number of nitrogens with one attached hydrogen (secondary N) is 2. The molecule has 0 saturated carbocycles. The predicted octanol–water partition coefficient (Wildman–Crippen LogP) is 1.84. The number of carbonyl (C=O) groups excluding carboxylic acids is 1. The minimum atomic E-state index is -0.493. The van der Waals surface area contributed by atoms with Gasteiger partial charge in [0.05, 0.1) is 0 Å². The Labute approximate surface area is 98.4 Å². The number of aromatic amines is 1. The van der Waals surface area contributed by atoms with E-state index in [0.717, 1.165) is 25.9 Å². The number of hydrogen-bond donors (Lipinski definition) is 2. The summed E-state index contributed by atoms with van der Waals surface area (Å²) in [5.74, 6) is 0.370. The maximum Gasteiger partial charge on any atom is 0.427 e. The molecule has 1 aliphatic rings. The van der Waals surface area contributed by atoms with Gasteiger partial charge in [0.1, 0.15) is 4.64 Å². The van der Waals surface area contributed by atoms with Crippen molar-refractivity contribution >= 4 is 18.3 Å². The van der Waals surface area contributed by atoms with E-state index in [4.69, 9.17) is 17.0 Å². The van der Waals surface area contributed by atoms with Crippen LogP contribution >= 0.6 is 12.2 Å². The van der Waals surface area contributed by atoms with Crippen LogP contribution in [0.15, 0.2) is 18.3 Å². The summed E-state index contributed by atoms with van der Waals surface area (Å²) < 4.78 is 5.50. The van der Waals surface area contributed by atoms with Gasteiger partial charge in [0.2, 0.25) is 0 Å². The maximum atomic E-state index is 11.5. The molecule has 1 saturated heterocycles. The van der Waals surface area contributed by atoms with E-state index >= 15 is 0 Å². The second-order valence-corrected chi connectivity index (χ2v) is 3.97. The Morgan fingerprint density at radius 2 is 2.25 bits per heavy atom. The van der Waals surface area contributed by atoms with Gasteiger partial charge in [-0.1, -0.05) is 12.2 Å². The summed E-state index contributed by atoms with van der Waals surface area (Å²) in [7, 11) is 0. The molecule has 0 unspecified atom stereocenters. The van der Waals surface area contributed by atoms with E-state index in [9.17, 15) is 4.79 Å². The van der Waals surface area contributed by atoms with E-state index in [1.54, 1.807) is 18.3 Å². The molecule has 0 spiro atoms. The van der Waals surface area contributed by atoms with Gasteiger partial charge in [-0.05, 0) is 25.0 Å². The van der Waals surface area contributed by atoms with Crippen molar-refractivity contribution in [3.63, 3.8) is 0 Å². The zero-order valence-electron chi connectivity index (χ0n) is 8.73. The first-order valence-electron chi connectivity index (χ1n) is 5.17. The number of H-pyrrole nitrogens is 1. The summed E-state index contributed by atoms with van der Waals surface area (Å²) in [6.45, 7) is 1.74. The SMILES string of the molecule is O=C(NN1CCCC1)Oc1ccc[nH]c1=S. The van der Waals surface area contributed by atoms with Gasteiger partial charge in [0.15, 0.2) is 5.75 Å². The Hall–Kier alpha value is -1.40. The van der Waals surface area contributed by atoms with Gasteiger partial charge >= 0.3 is 6.09 Å². The van der Waals surface area contributed by atoms with Gasteiger partial charge in [-0.15, -0.1) is 0 Å². The number of hydrazine groups is 1. The molecule has 86 valence electrons. The van der Waals surface area contributed by atoms with Crippen LogP contribution in [-0.4, -0.2) is 29.2 Å². The summed E-state index contributed by atoms with van der Waals surface area (Å²) in [6, 6.07) is 3.39. The summed E-state index contributed by atoms with van der Waals surface area (Å²) >= 11 is 4.98. The fraction of sp³-hybridized carbons (Fsp3) is 0.400. The normalized spacial score (nSPS) is 16.0. The minimum Gasteiger partial charge on any atom is -0.406 e. The molecular formula is C10H13N3O2S. The third kappa shape index (κ3) is 2.80. The second-order valence-electron chi connectivity index (χ2n) is 3.56. The molecule has 1 aliphatic heterocycles. The molecule has 5 nitrogen and oxygen atoms in total. The highest BCUT2D eigenvalue weighted by Crippen LogP contribution is 2.10. The van der Waals surface area contributed by atoms with Crippen LogP contribution in [-0.2, 0) is 0 Å². The molecule has 6 heteroatoms. The molecule has 1 aromatic rings. The van der Waals surface area contributed by atoms with Crippen LogP contribution < -0.4 is 10.2 Å². The molecule has 0 radical (unpaired) electrons. The zero-order chi connectivity index (χ0) is 11.4. The van der Waals surface area contributed by atoms with Crippen LogP contribution in [0.5, 0.6) is 5.75 Å². The Morgan fingerprint density at radius 1 is 1.50 bits per heavy atom. The van der Waals surface area contributed by atoms with E-state index in [1.165, 1.54) is 0 Å². The number of ether oxygens (including phenoxy) is 1. The number of nitrogens with zero attached hydrogens (tertiary/aromatic N) is 1. The zero-order valence-corrected chi connectivity index (χ0v) is 9.55. The second kappa shape index (κ2) is 5.09. The van der Waals surface area contributed by atoms with Crippen LogP contribution in [0.1, 0.15) is 12.8 Å². The quantitative estimate of drug-likeness (QED) is 0.773. The average Bonchev–Trinajstić information content (AvgIpc) is 2.74. The number of carbonyl (C=O) groups is 1. The molecule has 16 heavy (non-hydrogen) atoms. The maximum absolute atomic E-state index is 11.5. The van der Waals surface area contributed by atoms with Gasteiger partial charge in [0.25, 0.3) is 0 Å². The van der Waals surface area contributed by atoms with Crippen LogP contribution in [0.3, 0.4) is 0 Å². The fourth-order valence-corrected chi connectivity index (χ4v) is 1.74. The highest BCUT2D eigenvalue weighted by Gasteiger charge is 2.15. The smallest absolute Gasteiger partial charge is 0.406 e. The van der Waals surface area contributed by atoms with Crippen molar-refractivity contribution in [3.8, 4) is 5.75 Å². The first-order chi connectivity index (χ1) is 7.75. The molecule has 2 N–H and O–H groups in total. The first kappa shape index (κ1) is 11.1. The van der Waals surface area contributed by atoms with E-state index < -0.39 is 6.09 Å². The van der Waals surface area contributed by atoms with Crippen molar-refractivity contribution in [2.45, 2.75) is 12.8 Å². The molecule has 0 aromatic carbocycles. The molecular weight excluding hydrogens is 226 g/mol. The van der Waals surface area contributed by atoms with E-state index in [-0.39, 0.29) is 0 Å². The predicted molar refractivity (Wildman–Crippen MR) is 61.6 cm³/mol. The monoisotopic (exact) mass is 239 g/mol. The standard InChI is InChI=1S/C10H13N3O2S/c14-10(12-13-6-1-2-7-13)15-8-4-3-5-11-9(8)16/h3-5H,1-2,6-7H2,(H,11,16)(H,12,14). The van der Waals surface area contributed by atoms with Crippen molar-refractivity contribution in [2.24, 2.45) is 0 Å². The summed E-state index contributed by atoms with van der Waals surface area (Å²) in [5, 5.41) is 1.85. The lowest BCUT2D eigenvalue weighted by Gasteiger charge is -2.15. The topological polar surface area (TPSA) is 57.4 Å². The van der Waals surface area contributed by atoms with Crippen LogP contribution in [0, 0.1) is 4.64 Å². The van der Waals surface area contributed by atoms with Gasteiger partial charge in [0, 0.05) is 19.3 Å². The van der Waals surface area contributed by atoms with Gasteiger partial charge in [-0.25, -0.2) is 9.80 Å². The summed E-state index contributed by atoms with van der Waals surface area (Å²) in [5.41, 5.74) is 2.67. The van der Waals surface area contributed by atoms with Crippen molar-refractivity contribution in [3.05, 3.63) is 23.0 Å². The van der Waals surface area contributed by atoms with E-state index in [1.807, 2.05) is 5.01 Å². The lowest BCUT2D eigenvalue weighted by Crippen LogP contribution is -2.41. The lowest BCUT2D eigenvalue weighted by atomic mass is 10.4. The van der Waals surface area contributed by atoms with Gasteiger partial charge in [-0.2, -0.15) is 0 Å². The molecule has 1 fully saturated rings. The summed E-state index contributed by atoms with van der Waals surface area (Å²) in [6.07, 6.45) is 3.40. The van der Waals surface area contributed by atoms with Crippen molar-refractivity contribution in [1.29, 1.82) is 0 Å². The molecule has 0 bridgehead atoms. The molecule has 2 rings (SSSR count). The Kier molecular flexibility index (Phi) is 3.53. The molecule has 0 aliphatic carbocycles. The fourth-order valence-electron chi connectivity index (χ4n) is 1.57. The molecule has 1 amide bonds. The number of amides is 1. The molecule has 0 atom stereocenters. The van der Waals surface area contributed by atoms with Crippen molar-refractivity contribution in [1.82, 2.24) is 15.4 Å². The third-order valence-electron chi connectivity index (χ3n) is 2.34. The number of pyridine rings is 1. The van der Waals surface area contributed by atoms with Crippen LogP contribution in [0.2, 0.25) is 0 Å². The number of aromatic nitrogens is 1. The van der Waals surface area contributed by atoms with Crippen molar-refractivity contribution in [2.75, 3.05) is 13.1 Å². The van der Waals surface area contributed by atoms with E-state index in [0.29, 0.717) is 10.4 Å². The third-order valence-corrected chi connectivity index (χ3v) is 2.66. The Bertz CT molecular complexity index is 426. The van der Waals surface area contributed by atoms with Crippen LogP contribution in [0.25, 0.3) is 0 Å². The lowest BCUT2D eigenvalue weighted by molar-refractivity contribution is 0.159. The van der Waals surface area contributed by atoms with E-state index in [2.05, 4.69) is 10.4 Å². The van der Waals surface area contributed by atoms with Gasteiger partial charge < -0.3 is 9.72 Å². The highest BCUT2D eigenvalue weighted by atomic mass is 32.1. The largest absolute Gasteiger partial charge is 0.427 e. The van der Waals surface area contributed by atoms with Crippen LogP contribution in [0.4, 0.5) is 4.79 Å². The Morgan fingerprint density at radius 3 is 2.94 bits per heavy atom. The number of rotatable bonds is 2. The van der Waals surface area contributed by atoms with Gasteiger partial charge in [-0.3, -0.25) is 5.43 Å². The Balaban J connectivity index is 1.92. The minimum absolute atomic E-state index is 0.370.